The van der Waals surface area contributed by atoms with Crippen LogP contribution >= 0.6 is 0 Å². The number of nitrogens with one attached hydrogen (secondary N) is 1. The van der Waals surface area contributed by atoms with E-state index >= 15 is 0 Å². The predicted molar refractivity (Wildman–Crippen MR) is 48.2 cm³/mol. The highest BCUT2D eigenvalue weighted by molar-refractivity contribution is 6.48. The molecule has 0 aliphatic heterocycles. The van der Waals surface area contributed by atoms with Gasteiger partial charge in [0.05, 0.1) is 12.0 Å². The molecule has 0 aliphatic carbocycles. The molecule has 1 N–H and O–H groups in total. The number of hydrogen-bond donors (Lipinski definition) is 1. The highest BCUT2D eigenvalue weighted by Gasteiger charge is 2.20. The van der Waals surface area contributed by atoms with Gasteiger partial charge in [-0.1, -0.05) is 0 Å². The van der Waals surface area contributed by atoms with E-state index in [1.165, 1.54) is 12.3 Å². The zero-order chi connectivity index (χ0) is 9.97. The van der Waals surface area contributed by atoms with E-state index in [9.17, 15) is 9.59 Å². The van der Waals surface area contributed by atoms with Gasteiger partial charge in [-0.05, 0) is 24.3 Å². The molecule has 0 spiro atoms. The summed E-state index contributed by atoms with van der Waals surface area (Å²) in [6, 6.07) is 6.23. The predicted octanol–water partition coefficient (Wildman–Crippen LogP) is 1.67. The molecule has 2 rings (SSSR count). The molecule has 2 heterocycles. The highest BCUT2D eigenvalue weighted by Crippen LogP contribution is 2.06. The number of aromatic amines is 1. The summed E-state index contributed by atoms with van der Waals surface area (Å²) in [6.07, 6.45) is 2.94. The van der Waals surface area contributed by atoms with Gasteiger partial charge in [-0.15, -0.1) is 0 Å². The SMILES string of the molecule is O=C(C(=O)c1ccco1)c1ccc[nH]1. The molecular formula is C10H7NO3. The number of Topliss-reactive ketones (excluding diaryl/α,β-unsaturated/α-hetero) is 2. The van der Waals surface area contributed by atoms with Crippen LogP contribution in [0.2, 0.25) is 0 Å². The van der Waals surface area contributed by atoms with Crippen molar-refractivity contribution in [2.75, 3.05) is 0 Å². The van der Waals surface area contributed by atoms with Gasteiger partial charge >= 0.3 is 0 Å². The van der Waals surface area contributed by atoms with Crippen LogP contribution in [-0.4, -0.2) is 16.6 Å². The van der Waals surface area contributed by atoms with Crippen LogP contribution in [0.1, 0.15) is 21.0 Å². The van der Waals surface area contributed by atoms with Crippen LogP contribution in [-0.2, 0) is 0 Å². The molecule has 2 aromatic rings. The van der Waals surface area contributed by atoms with Crippen LogP contribution < -0.4 is 0 Å². The topological polar surface area (TPSA) is 63.1 Å². The summed E-state index contributed by atoms with van der Waals surface area (Å²) < 4.78 is 4.83. The van der Waals surface area contributed by atoms with Gasteiger partial charge in [-0.2, -0.15) is 0 Å². The molecule has 0 aliphatic rings. The first kappa shape index (κ1) is 8.50. The van der Waals surface area contributed by atoms with E-state index in [-0.39, 0.29) is 11.5 Å². The van der Waals surface area contributed by atoms with Gasteiger partial charge < -0.3 is 9.40 Å². The van der Waals surface area contributed by atoms with Gasteiger partial charge in [0.25, 0.3) is 11.6 Å². The Balaban J connectivity index is 2.26. The van der Waals surface area contributed by atoms with Crippen molar-refractivity contribution in [2.45, 2.75) is 0 Å². The lowest BCUT2D eigenvalue weighted by Gasteiger charge is -1.93. The minimum Gasteiger partial charge on any atom is -0.461 e. The third-order valence-corrected chi connectivity index (χ3v) is 1.79. The standard InChI is InChI=1S/C10H7NO3/c12-9(7-3-1-5-11-7)10(13)8-4-2-6-14-8/h1-6,11H. The fourth-order valence-electron chi connectivity index (χ4n) is 1.11. The molecule has 70 valence electrons. The van der Waals surface area contributed by atoms with Crippen LogP contribution in [0.4, 0.5) is 0 Å². The zero-order valence-electron chi connectivity index (χ0n) is 7.19. The zero-order valence-corrected chi connectivity index (χ0v) is 7.19. The highest BCUT2D eigenvalue weighted by atomic mass is 16.3. The minimum atomic E-state index is -0.641. The number of ketones is 2. The Morgan fingerprint density at radius 3 is 2.57 bits per heavy atom. The van der Waals surface area contributed by atoms with Crippen LogP contribution in [0, 0.1) is 0 Å². The molecule has 4 nitrogen and oxygen atoms in total. The van der Waals surface area contributed by atoms with E-state index in [4.69, 9.17) is 4.42 Å². The van der Waals surface area contributed by atoms with Crippen LogP contribution in [0.25, 0.3) is 0 Å². The summed E-state index contributed by atoms with van der Waals surface area (Å²) in [5.74, 6) is -1.17. The average molecular weight is 189 g/mol. The summed E-state index contributed by atoms with van der Waals surface area (Å²) in [5.41, 5.74) is 0.270. The number of hydrogen-bond acceptors (Lipinski definition) is 3. The van der Waals surface area contributed by atoms with Crippen molar-refractivity contribution in [3.63, 3.8) is 0 Å². The van der Waals surface area contributed by atoms with Gasteiger partial charge in [-0.3, -0.25) is 9.59 Å². The summed E-state index contributed by atoms with van der Waals surface area (Å²) in [4.78, 5) is 25.6. The van der Waals surface area contributed by atoms with Crippen LogP contribution in [0.5, 0.6) is 0 Å². The van der Waals surface area contributed by atoms with Gasteiger partial charge in [-0.25, -0.2) is 0 Å². The molecule has 4 heteroatoms. The van der Waals surface area contributed by atoms with E-state index in [0.717, 1.165) is 0 Å². The number of rotatable bonds is 3. The molecule has 0 amide bonds. The van der Waals surface area contributed by atoms with Crippen molar-refractivity contribution in [3.8, 4) is 0 Å². The third kappa shape index (κ3) is 1.37. The molecule has 0 bridgehead atoms. The number of carbonyl (C=O) groups excluding carboxylic acids is 2. The fourth-order valence-corrected chi connectivity index (χ4v) is 1.11. The number of H-pyrrole nitrogens is 1. The second kappa shape index (κ2) is 3.33. The summed E-state index contributed by atoms with van der Waals surface area (Å²) in [7, 11) is 0. The van der Waals surface area contributed by atoms with Gasteiger partial charge in [0, 0.05) is 6.20 Å². The first-order valence-corrected chi connectivity index (χ1v) is 4.05. The monoisotopic (exact) mass is 189 g/mol. The van der Waals surface area contributed by atoms with E-state index < -0.39 is 11.6 Å². The van der Waals surface area contributed by atoms with Gasteiger partial charge in [0.15, 0.2) is 5.76 Å². The Labute approximate surface area is 79.5 Å². The first-order valence-electron chi connectivity index (χ1n) is 4.05. The first-order chi connectivity index (χ1) is 6.79. The van der Waals surface area contributed by atoms with E-state index in [0.29, 0.717) is 0 Å². The summed E-state index contributed by atoms with van der Waals surface area (Å²) in [5, 5.41) is 0. The number of carbonyl (C=O) groups is 2. The second-order valence-electron chi connectivity index (χ2n) is 2.72. The number of furan rings is 1. The van der Waals surface area contributed by atoms with Gasteiger partial charge in [0.2, 0.25) is 0 Å². The summed E-state index contributed by atoms with van der Waals surface area (Å²) in [6.45, 7) is 0. The normalized spacial score (nSPS) is 10.0. The lowest BCUT2D eigenvalue weighted by molar-refractivity contribution is 0.0798. The minimum absolute atomic E-state index is 0.0598. The molecule has 0 fully saturated rings. The molecule has 0 atom stereocenters. The Morgan fingerprint density at radius 2 is 2.00 bits per heavy atom. The van der Waals surface area contributed by atoms with Crippen molar-refractivity contribution in [2.24, 2.45) is 0 Å². The van der Waals surface area contributed by atoms with E-state index in [1.54, 1.807) is 24.4 Å². The third-order valence-electron chi connectivity index (χ3n) is 1.79. The molecule has 2 aromatic heterocycles. The average Bonchev–Trinajstić information content (AvgIpc) is 2.87. The van der Waals surface area contributed by atoms with Crippen molar-refractivity contribution in [1.82, 2.24) is 4.98 Å². The largest absolute Gasteiger partial charge is 0.461 e. The quantitative estimate of drug-likeness (QED) is 0.590. The molecule has 0 saturated carbocycles. The maximum Gasteiger partial charge on any atom is 0.270 e. The molecule has 0 radical (unpaired) electrons. The van der Waals surface area contributed by atoms with Crippen molar-refractivity contribution in [1.29, 1.82) is 0 Å². The molecule has 0 unspecified atom stereocenters. The van der Waals surface area contributed by atoms with E-state index in [2.05, 4.69) is 4.98 Å². The number of aromatic nitrogens is 1. The lowest BCUT2D eigenvalue weighted by Crippen LogP contribution is -2.13. The molecule has 0 saturated heterocycles. The van der Waals surface area contributed by atoms with Crippen molar-refractivity contribution >= 4 is 11.6 Å². The van der Waals surface area contributed by atoms with E-state index in [1.807, 2.05) is 0 Å². The van der Waals surface area contributed by atoms with Crippen LogP contribution in [0.15, 0.2) is 41.1 Å². The second-order valence-corrected chi connectivity index (χ2v) is 2.72. The Bertz CT molecular complexity index is 395. The summed E-state index contributed by atoms with van der Waals surface area (Å²) >= 11 is 0. The maximum absolute atomic E-state index is 11.5. The Morgan fingerprint density at radius 1 is 1.14 bits per heavy atom. The fraction of sp³-hybridized carbons (Fsp3) is 0. The molecule has 14 heavy (non-hydrogen) atoms. The lowest BCUT2D eigenvalue weighted by atomic mass is 10.1. The van der Waals surface area contributed by atoms with Crippen LogP contribution in [0.3, 0.4) is 0 Å². The maximum atomic E-state index is 11.5. The Kier molecular flexibility index (Phi) is 2.02. The molecule has 0 aromatic carbocycles. The Hall–Kier alpha value is -2.10. The van der Waals surface area contributed by atoms with Crippen molar-refractivity contribution in [3.05, 3.63) is 48.2 Å². The van der Waals surface area contributed by atoms with Gasteiger partial charge in [0.1, 0.15) is 0 Å². The van der Waals surface area contributed by atoms with Crippen molar-refractivity contribution < 1.29 is 14.0 Å². The molecular weight excluding hydrogens is 182 g/mol. The smallest absolute Gasteiger partial charge is 0.270 e.